The summed E-state index contributed by atoms with van der Waals surface area (Å²) in [6, 6.07) is 24.7. The van der Waals surface area contributed by atoms with Gasteiger partial charge in [0.25, 0.3) is 11.8 Å². The van der Waals surface area contributed by atoms with Gasteiger partial charge in [0.1, 0.15) is 5.58 Å². The quantitative estimate of drug-likeness (QED) is 0.158. The highest BCUT2D eigenvalue weighted by molar-refractivity contribution is 6.12. The standard InChI is InChI=1S/C38H37N5O6/c1-5-43(23-26-10-8-9-25-22-39-42(2)36(25)26)18-17-24-13-15-27(16-14-24)40-37(45)29-19-33(47-3)34(48-4)20-30(29)41-38(46)35-21-31(44)28-11-6-7-12-32(28)49-35/h6-16,19-22H,5,17-18,23H2,1-4H3,(H,40,45)(H,41,46). The van der Waals surface area contributed by atoms with Crippen LogP contribution in [0.25, 0.3) is 21.9 Å². The Morgan fingerprint density at radius 3 is 2.41 bits per heavy atom. The zero-order chi connectivity index (χ0) is 34.5. The molecule has 2 aromatic heterocycles. The lowest BCUT2D eigenvalue weighted by molar-refractivity contribution is 0.0997. The van der Waals surface area contributed by atoms with Crippen LogP contribution in [0.4, 0.5) is 11.4 Å². The molecule has 0 saturated carbocycles. The van der Waals surface area contributed by atoms with E-state index in [0.29, 0.717) is 22.6 Å². The van der Waals surface area contributed by atoms with Gasteiger partial charge in [-0.1, -0.05) is 49.4 Å². The molecule has 250 valence electrons. The molecule has 6 rings (SSSR count). The Morgan fingerprint density at radius 2 is 1.65 bits per heavy atom. The minimum atomic E-state index is -0.702. The van der Waals surface area contributed by atoms with E-state index in [1.165, 1.54) is 31.9 Å². The summed E-state index contributed by atoms with van der Waals surface area (Å²) in [6.45, 7) is 4.74. The molecule has 2 amide bonds. The number of aryl methyl sites for hydroxylation is 1. The van der Waals surface area contributed by atoms with Gasteiger partial charge in [0.2, 0.25) is 0 Å². The molecule has 11 nitrogen and oxygen atoms in total. The molecule has 0 saturated heterocycles. The van der Waals surface area contributed by atoms with Crippen molar-refractivity contribution in [3.63, 3.8) is 0 Å². The smallest absolute Gasteiger partial charge is 0.291 e. The number of ether oxygens (including phenoxy) is 2. The number of anilines is 2. The van der Waals surface area contributed by atoms with Crippen molar-refractivity contribution < 1.29 is 23.5 Å². The zero-order valence-electron chi connectivity index (χ0n) is 27.8. The lowest BCUT2D eigenvalue weighted by Gasteiger charge is -2.21. The van der Waals surface area contributed by atoms with E-state index in [-0.39, 0.29) is 28.0 Å². The normalized spacial score (nSPS) is 11.2. The number of methoxy groups -OCH3 is 2. The Kier molecular flexibility index (Phi) is 9.72. The van der Waals surface area contributed by atoms with Crippen LogP contribution in [0.5, 0.6) is 11.5 Å². The molecule has 49 heavy (non-hydrogen) atoms. The van der Waals surface area contributed by atoms with E-state index >= 15 is 0 Å². The highest BCUT2D eigenvalue weighted by atomic mass is 16.5. The molecule has 0 unspecified atom stereocenters. The Bertz CT molecular complexity index is 2210. The number of nitrogens with zero attached hydrogens (tertiary/aromatic N) is 3. The predicted octanol–water partition coefficient (Wildman–Crippen LogP) is 6.27. The van der Waals surface area contributed by atoms with Gasteiger partial charge in [-0.15, -0.1) is 0 Å². The van der Waals surface area contributed by atoms with E-state index in [4.69, 9.17) is 13.9 Å². The first-order chi connectivity index (χ1) is 23.8. The van der Waals surface area contributed by atoms with Gasteiger partial charge in [-0.2, -0.15) is 5.10 Å². The number of amides is 2. The van der Waals surface area contributed by atoms with Crippen molar-refractivity contribution in [2.45, 2.75) is 19.9 Å². The summed E-state index contributed by atoms with van der Waals surface area (Å²) in [5.74, 6) is -0.775. The fourth-order valence-electron chi connectivity index (χ4n) is 5.84. The van der Waals surface area contributed by atoms with Crippen LogP contribution >= 0.6 is 0 Å². The molecule has 4 aromatic carbocycles. The van der Waals surface area contributed by atoms with Crippen LogP contribution in [0.1, 0.15) is 39.0 Å². The van der Waals surface area contributed by atoms with Crippen molar-refractivity contribution in [1.29, 1.82) is 0 Å². The van der Waals surface area contributed by atoms with Crippen LogP contribution in [0.3, 0.4) is 0 Å². The molecule has 2 N–H and O–H groups in total. The van der Waals surface area contributed by atoms with Crippen LogP contribution in [0.2, 0.25) is 0 Å². The molecule has 11 heteroatoms. The Labute approximate surface area is 283 Å². The monoisotopic (exact) mass is 659 g/mol. The van der Waals surface area contributed by atoms with Crippen LogP contribution in [0.15, 0.2) is 100 Å². The van der Waals surface area contributed by atoms with Gasteiger partial charge in [-0.3, -0.25) is 24.0 Å². The lowest BCUT2D eigenvalue weighted by Crippen LogP contribution is -2.25. The van der Waals surface area contributed by atoms with E-state index in [1.54, 1.807) is 24.3 Å². The first kappa shape index (κ1) is 33.0. The maximum Gasteiger partial charge on any atom is 0.291 e. The third kappa shape index (κ3) is 7.16. The van der Waals surface area contributed by atoms with Crippen LogP contribution < -0.4 is 25.5 Å². The summed E-state index contributed by atoms with van der Waals surface area (Å²) in [5, 5.41) is 11.5. The van der Waals surface area contributed by atoms with Crippen molar-refractivity contribution in [2.75, 3.05) is 37.9 Å². The molecular weight excluding hydrogens is 622 g/mol. The number of aromatic nitrogens is 2. The number of hydrogen-bond acceptors (Lipinski definition) is 8. The van der Waals surface area contributed by atoms with E-state index in [1.807, 2.05) is 42.2 Å². The summed E-state index contributed by atoms with van der Waals surface area (Å²) in [5.41, 5.74) is 4.30. The highest BCUT2D eigenvalue weighted by Crippen LogP contribution is 2.34. The molecule has 6 aromatic rings. The minimum Gasteiger partial charge on any atom is -0.493 e. The molecule has 0 atom stereocenters. The van der Waals surface area contributed by atoms with Gasteiger partial charge < -0.3 is 24.5 Å². The predicted molar refractivity (Wildman–Crippen MR) is 190 cm³/mol. The lowest BCUT2D eigenvalue weighted by atomic mass is 10.1. The number of likely N-dealkylation sites (N-methyl/N-ethyl adjacent to an activating group) is 1. The third-order valence-corrected chi connectivity index (χ3v) is 8.49. The maximum absolute atomic E-state index is 13.6. The minimum absolute atomic E-state index is 0.125. The Morgan fingerprint density at radius 1 is 0.898 bits per heavy atom. The Balaban J connectivity index is 1.15. The van der Waals surface area contributed by atoms with Crippen molar-refractivity contribution in [3.8, 4) is 11.5 Å². The zero-order valence-corrected chi connectivity index (χ0v) is 27.8. The molecule has 0 aliphatic heterocycles. The molecule has 0 radical (unpaired) electrons. The number of carbonyl (C=O) groups excluding carboxylic acids is 2. The number of nitrogens with one attached hydrogen (secondary N) is 2. The average Bonchev–Trinajstić information content (AvgIpc) is 3.51. The molecule has 0 spiro atoms. The number of rotatable bonds is 12. The van der Waals surface area contributed by atoms with Crippen molar-refractivity contribution >= 4 is 45.1 Å². The SMILES string of the molecule is CCN(CCc1ccc(NC(=O)c2cc(OC)c(OC)cc2NC(=O)c2cc(=O)c3ccccc3o2)cc1)Cc1cccc2cnn(C)c12. The first-order valence-electron chi connectivity index (χ1n) is 15.9. The maximum atomic E-state index is 13.6. The second-order valence-corrected chi connectivity index (χ2v) is 11.6. The largest absolute Gasteiger partial charge is 0.493 e. The molecule has 2 heterocycles. The molecule has 0 fully saturated rings. The number of carbonyl (C=O) groups is 2. The number of hydrogen-bond donors (Lipinski definition) is 2. The van der Waals surface area contributed by atoms with Crippen LogP contribution in [-0.4, -0.2) is 53.8 Å². The second-order valence-electron chi connectivity index (χ2n) is 11.6. The van der Waals surface area contributed by atoms with Crippen molar-refractivity contribution in [2.24, 2.45) is 7.05 Å². The fraction of sp³-hybridized carbons (Fsp3) is 0.211. The summed E-state index contributed by atoms with van der Waals surface area (Å²) >= 11 is 0. The first-order valence-corrected chi connectivity index (χ1v) is 15.9. The van der Waals surface area contributed by atoms with Gasteiger partial charge >= 0.3 is 0 Å². The van der Waals surface area contributed by atoms with Crippen molar-refractivity contribution in [1.82, 2.24) is 14.7 Å². The summed E-state index contributed by atoms with van der Waals surface area (Å²) in [6.07, 6.45) is 2.73. The third-order valence-electron chi connectivity index (χ3n) is 8.49. The molecular formula is C38H37N5O6. The van der Waals surface area contributed by atoms with Gasteiger partial charge in [0, 0.05) is 43.3 Å². The van der Waals surface area contributed by atoms with E-state index < -0.39 is 11.8 Å². The van der Waals surface area contributed by atoms with Crippen LogP contribution in [0, 0.1) is 0 Å². The highest BCUT2D eigenvalue weighted by Gasteiger charge is 2.21. The van der Waals surface area contributed by atoms with Gasteiger partial charge in [0.15, 0.2) is 22.7 Å². The van der Waals surface area contributed by atoms with Gasteiger partial charge in [-0.25, -0.2) is 0 Å². The molecule has 0 bridgehead atoms. The van der Waals surface area contributed by atoms with E-state index in [0.717, 1.165) is 48.6 Å². The number of benzene rings is 4. The average molecular weight is 660 g/mol. The van der Waals surface area contributed by atoms with E-state index in [9.17, 15) is 14.4 Å². The van der Waals surface area contributed by atoms with E-state index in [2.05, 4.69) is 45.8 Å². The summed E-state index contributed by atoms with van der Waals surface area (Å²) in [7, 11) is 4.88. The van der Waals surface area contributed by atoms with Gasteiger partial charge in [0.05, 0.1) is 42.6 Å². The van der Waals surface area contributed by atoms with Crippen molar-refractivity contribution in [3.05, 3.63) is 124 Å². The molecule has 0 aliphatic carbocycles. The molecule has 0 aliphatic rings. The fourth-order valence-corrected chi connectivity index (χ4v) is 5.84. The summed E-state index contributed by atoms with van der Waals surface area (Å²) in [4.78, 5) is 41.9. The number of fused-ring (bicyclic) bond motifs is 2. The topological polar surface area (TPSA) is 128 Å². The van der Waals surface area contributed by atoms with Crippen LogP contribution in [-0.2, 0) is 20.0 Å². The Hall–Kier alpha value is -5.94. The summed E-state index contributed by atoms with van der Waals surface area (Å²) < 4.78 is 18.5. The second kappa shape index (κ2) is 14.4. The van der Waals surface area contributed by atoms with Gasteiger partial charge in [-0.05, 0) is 54.4 Å². The number of para-hydroxylation sites is 2.